The van der Waals surface area contributed by atoms with Crippen molar-refractivity contribution in [2.75, 3.05) is 13.2 Å². The average molecular weight is 387 g/mol. The molecule has 0 aliphatic heterocycles. The van der Waals surface area contributed by atoms with Crippen molar-refractivity contribution in [3.8, 4) is 11.5 Å². The fourth-order valence-electron chi connectivity index (χ4n) is 3.51. The average Bonchev–Trinajstić information content (AvgIpc) is 2.70. The normalized spacial score (nSPS) is 21.9. The molecule has 0 unspecified atom stereocenters. The number of halogens is 1. The molecule has 0 atom stereocenters. The Morgan fingerprint density at radius 1 is 1.11 bits per heavy atom. The van der Waals surface area contributed by atoms with Gasteiger partial charge in [0, 0.05) is 12.1 Å². The lowest BCUT2D eigenvalue weighted by Gasteiger charge is -2.36. The van der Waals surface area contributed by atoms with Crippen LogP contribution in [-0.4, -0.2) is 34.9 Å². The molecule has 1 fully saturated rings. The summed E-state index contributed by atoms with van der Waals surface area (Å²) in [6, 6.07) is 12.0. The van der Waals surface area contributed by atoms with Gasteiger partial charge in [-0.3, -0.25) is 4.79 Å². The molecule has 5 nitrogen and oxygen atoms in total. The maximum Gasteiger partial charge on any atom is 0.251 e. The van der Waals surface area contributed by atoms with Crippen molar-refractivity contribution in [2.24, 2.45) is 5.92 Å². The van der Waals surface area contributed by atoms with E-state index in [1.165, 1.54) is 24.3 Å². The number of aliphatic hydroxyl groups is 1. The summed E-state index contributed by atoms with van der Waals surface area (Å²) in [7, 11) is 0. The fraction of sp³-hybridized carbons (Fsp3) is 0.409. The molecule has 6 heteroatoms. The van der Waals surface area contributed by atoms with Crippen molar-refractivity contribution >= 4 is 5.91 Å². The molecule has 1 aliphatic carbocycles. The zero-order chi connectivity index (χ0) is 20.0. The summed E-state index contributed by atoms with van der Waals surface area (Å²) in [6.07, 6.45) is 3.89. The Morgan fingerprint density at radius 3 is 2.39 bits per heavy atom. The Bertz CT molecular complexity index is 768. The summed E-state index contributed by atoms with van der Waals surface area (Å²) >= 11 is 0. The van der Waals surface area contributed by atoms with Crippen molar-refractivity contribution in [3.05, 3.63) is 59.9 Å². The van der Waals surface area contributed by atoms with Gasteiger partial charge in [0.25, 0.3) is 5.91 Å². The zero-order valence-electron chi connectivity index (χ0n) is 15.7. The van der Waals surface area contributed by atoms with E-state index in [-0.39, 0.29) is 24.0 Å². The zero-order valence-corrected chi connectivity index (χ0v) is 15.7. The molecule has 1 aliphatic rings. The molecule has 1 saturated carbocycles. The van der Waals surface area contributed by atoms with E-state index in [2.05, 4.69) is 5.32 Å². The van der Waals surface area contributed by atoms with E-state index in [9.17, 15) is 19.4 Å². The minimum absolute atomic E-state index is 0.108. The van der Waals surface area contributed by atoms with E-state index in [4.69, 9.17) is 4.74 Å². The predicted octanol–water partition coefficient (Wildman–Crippen LogP) is 3.65. The number of rotatable bonds is 7. The number of phenolic OH excluding ortho intramolecular Hbond substituents is 1. The van der Waals surface area contributed by atoms with Gasteiger partial charge in [0.1, 0.15) is 17.3 Å². The number of phenols is 1. The Hall–Kier alpha value is -2.60. The number of aromatic hydroxyl groups is 1. The van der Waals surface area contributed by atoms with E-state index >= 15 is 0 Å². The van der Waals surface area contributed by atoms with Gasteiger partial charge in [0.15, 0.2) is 0 Å². The monoisotopic (exact) mass is 387 g/mol. The highest BCUT2D eigenvalue weighted by Gasteiger charge is 2.33. The van der Waals surface area contributed by atoms with Crippen molar-refractivity contribution in [1.29, 1.82) is 0 Å². The maximum atomic E-state index is 12.9. The highest BCUT2D eigenvalue weighted by Crippen LogP contribution is 2.33. The van der Waals surface area contributed by atoms with Crippen molar-refractivity contribution < 1.29 is 24.1 Å². The third-order valence-corrected chi connectivity index (χ3v) is 5.35. The standard InChI is InChI=1S/C22H26FNO4/c23-18-3-7-20(8-4-18)28-14-11-16-9-12-22(27,13-10-16)15-24-21(26)17-1-5-19(25)6-2-17/h1-8,16,25,27H,9-15H2,(H,24,26). The lowest BCUT2D eigenvalue weighted by molar-refractivity contribution is -0.00977. The lowest BCUT2D eigenvalue weighted by atomic mass is 9.77. The van der Waals surface area contributed by atoms with Gasteiger partial charge in [-0.15, -0.1) is 0 Å². The van der Waals surface area contributed by atoms with Crippen molar-refractivity contribution in [3.63, 3.8) is 0 Å². The summed E-state index contributed by atoms with van der Waals surface area (Å²) in [6.45, 7) is 0.776. The maximum absolute atomic E-state index is 12.9. The van der Waals surface area contributed by atoms with Crippen LogP contribution in [0.15, 0.2) is 48.5 Å². The molecular formula is C22H26FNO4. The minimum atomic E-state index is -0.888. The molecule has 0 saturated heterocycles. The molecule has 0 radical (unpaired) electrons. The van der Waals surface area contributed by atoms with E-state index in [0.717, 1.165) is 19.3 Å². The molecule has 1 amide bonds. The molecule has 150 valence electrons. The van der Waals surface area contributed by atoms with Crippen LogP contribution in [0, 0.1) is 11.7 Å². The first-order valence-electron chi connectivity index (χ1n) is 9.61. The van der Waals surface area contributed by atoms with E-state index in [1.807, 2.05) is 0 Å². The van der Waals surface area contributed by atoms with Gasteiger partial charge in [-0.05, 0) is 86.6 Å². The minimum Gasteiger partial charge on any atom is -0.508 e. The van der Waals surface area contributed by atoms with Gasteiger partial charge >= 0.3 is 0 Å². The molecule has 2 aromatic rings. The Balaban J connectivity index is 1.38. The summed E-state index contributed by atoms with van der Waals surface area (Å²) in [5.41, 5.74) is -0.436. The van der Waals surface area contributed by atoms with Gasteiger partial charge in [-0.1, -0.05) is 0 Å². The number of carbonyl (C=O) groups is 1. The van der Waals surface area contributed by atoms with Crippen LogP contribution in [0.2, 0.25) is 0 Å². The molecule has 3 rings (SSSR count). The first-order valence-corrected chi connectivity index (χ1v) is 9.61. The van der Waals surface area contributed by atoms with Gasteiger partial charge in [-0.25, -0.2) is 4.39 Å². The molecular weight excluding hydrogens is 361 g/mol. The van der Waals surface area contributed by atoms with Crippen LogP contribution in [-0.2, 0) is 0 Å². The number of nitrogens with one attached hydrogen (secondary N) is 1. The van der Waals surface area contributed by atoms with Crippen LogP contribution in [0.25, 0.3) is 0 Å². The second kappa shape index (κ2) is 9.06. The van der Waals surface area contributed by atoms with Gasteiger partial charge in [0.2, 0.25) is 0 Å². The number of hydrogen-bond acceptors (Lipinski definition) is 4. The largest absolute Gasteiger partial charge is 0.508 e. The molecule has 0 aromatic heterocycles. The van der Waals surface area contributed by atoms with Gasteiger partial charge in [0.05, 0.1) is 12.2 Å². The summed E-state index contributed by atoms with van der Waals surface area (Å²) < 4.78 is 18.5. The van der Waals surface area contributed by atoms with Crippen molar-refractivity contribution in [2.45, 2.75) is 37.7 Å². The SMILES string of the molecule is O=C(NCC1(O)CCC(CCOc2ccc(F)cc2)CC1)c1ccc(O)cc1. The molecule has 0 bridgehead atoms. The summed E-state index contributed by atoms with van der Waals surface area (Å²) in [4.78, 5) is 12.2. The topological polar surface area (TPSA) is 78.8 Å². The van der Waals surface area contributed by atoms with Crippen LogP contribution in [0.4, 0.5) is 4.39 Å². The van der Waals surface area contributed by atoms with Crippen LogP contribution in [0.5, 0.6) is 11.5 Å². The van der Waals surface area contributed by atoms with E-state index in [1.54, 1.807) is 24.3 Å². The van der Waals surface area contributed by atoms with Gasteiger partial charge < -0.3 is 20.3 Å². The molecule has 2 aromatic carbocycles. The van der Waals surface area contributed by atoms with E-state index < -0.39 is 5.60 Å². The van der Waals surface area contributed by atoms with Crippen molar-refractivity contribution in [1.82, 2.24) is 5.32 Å². The molecule has 3 N–H and O–H groups in total. The Labute approximate surface area is 164 Å². The highest BCUT2D eigenvalue weighted by molar-refractivity contribution is 5.94. The second-order valence-corrected chi connectivity index (χ2v) is 7.49. The lowest BCUT2D eigenvalue weighted by Crippen LogP contribution is -2.45. The Morgan fingerprint density at radius 2 is 1.75 bits per heavy atom. The summed E-state index contributed by atoms with van der Waals surface area (Å²) in [5.74, 6) is 0.691. The van der Waals surface area contributed by atoms with Crippen LogP contribution < -0.4 is 10.1 Å². The van der Waals surface area contributed by atoms with Gasteiger partial charge in [-0.2, -0.15) is 0 Å². The predicted molar refractivity (Wildman–Crippen MR) is 104 cm³/mol. The first kappa shape index (κ1) is 20.1. The highest BCUT2D eigenvalue weighted by atomic mass is 19.1. The second-order valence-electron chi connectivity index (χ2n) is 7.49. The number of carbonyl (C=O) groups excluding carboxylic acids is 1. The number of hydrogen-bond donors (Lipinski definition) is 3. The smallest absolute Gasteiger partial charge is 0.251 e. The number of amides is 1. The van der Waals surface area contributed by atoms with Crippen LogP contribution in [0.1, 0.15) is 42.5 Å². The van der Waals surface area contributed by atoms with E-state index in [0.29, 0.717) is 36.7 Å². The third kappa shape index (κ3) is 5.70. The number of ether oxygens (including phenoxy) is 1. The Kier molecular flexibility index (Phi) is 6.52. The molecule has 0 spiro atoms. The molecule has 0 heterocycles. The van der Waals surface area contributed by atoms with Crippen LogP contribution >= 0.6 is 0 Å². The quantitative estimate of drug-likeness (QED) is 0.678. The number of benzene rings is 2. The van der Waals surface area contributed by atoms with Crippen LogP contribution in [0.3, 0.4) is 0 Å². The fourth-order valence-corrected chi connectivity index (χ4v) is 3.51. The molecule has 28 heavy (non-hydrogen) atoms. The first-order chi connectivity index (χ1) is 13.4. The third-order valence-electron chi connectivity index (χ3n) is 5.35. The summed E-state index contributed by atoms with van der Waals surface area (Å²) in [5, 5.41) is 22.8.